The Hall–Kier alpha value is -3.70. The van der Waals surface area contributed by atoms with Crippen molar-refractivity contribution < 1.29 is 23.9 Å². The van der Waals surface area contributed by atoms with Gasteiger partial charge in [-0.05, 0) is 45.4 Å². The van der Waals surface area contributed by atoms with E-state index in [-0.39, 0.29) is 35.6 Å². The predicted octanol–water partition coefficient (Wildman–Crippen LogP) is 4.92. The van der Waals surface area contributed by atoms with E-state index in [1.54, 1.807) is 26.8 Å². The van der Waals surface area contributed by atoms with E-state index >= 15 is 0 Å². The molecule has 7 nitrogen and oxygen atoms in total. The summed E-state index contributed by atoms with van der Waals surface area (Å²) in [5, 5.41) is 10.6. The molecule has 8 heteroatoms. The number of nitriles is 1. The van der Waals surface area contributed by atoms with E-state index in [0.29, 0.717) is 10.4 Å². The Labute approximate surface area is 195 Å². The second kappa shape index (κ2) is 10.3. The Balaban J connectivity index is 2.01. The number of para-hydroxylation sites is 1. The molecule has 0 fully saturated rings. The predicted molar refractivity (Wildman–Crippen MR) is 126 cm³/mol. The number of allylic oxidation sites excluding steroid dienone is 1. The smallest absolute Gasteiger partial charge is 0.348 e. The Morgan fingerprint density at radius 3 is 2.42 bits per heavy atom. The fourth-order valence-electron chi connectivity index (χ4n) is 3.60. The molecule has 170 valence electrons. The second-order valence-electron chi connectivity index (χ2n) is 7.27. The van der Waals surface area contributed by atoms with Gasteiger partial charge in [0.25, 0.3) is 0 Å². The zero-order valence-electron chi connectivity index (χ0n) is 18.9. The molecular formula is C25H24N2O5S. The third kappa shape index (κ3) is 4.89. The highest BCUT2D eigenvalue weighted by molar-refractivity contribution is 7.14. The van der Waals surface area contributed by atoms with Crippen LogP contribution in [0.25, 0.3) is 17.0 Å². The molecule has 2 heterocycles. The molecule has 0 unspecified atom stereocenters. The van der Waals surface area contributed by atoms with Crippen LogP contribution >= 0.6 is 11.3 Å². The van der Waals surface area contributed by atoms with Gasteiger partial charge in [0.05, 0.1) is 24.4 Å². The van der Waals surface area contributed by atoms with Crippen LogP contribution in [0.5, 0.6) is 0 Å². The van der Waals surface area contributed by atoms with Crippen molar-refractivity contribution >= 4 is 46.0 Å². The molecule has 33 heavy (non-hydrogen) atoms. The summed E-state index contributed by atoms with van der Waals surface area (Å²) in [6, 6.07) is 9.61. The fourth-order valence-corrected chi connectivity index (χ4v) is 4.79. The maximum absolute atomic E-state index is 13.1. The Morgan fingerprint density at radius 2 is 1.76 bits per heavy atom. The van der Waals surface area contributed by atoms with Crippen molar-refractivity contribution in [3.05, 3.63) is 62.0 Å². The first-order valence-corrected chi connectivity index (χ1v) is 11.3. The normalized spacial score (nSPS) is 11.3. The summed E-state index contributed by atoms with van der Waals surface area (Å²) in [5.41, 5.74) is 3.05. The SMILES string of the molecule is CCOC(=O)c1sc(CC(=O)/C(C#N)=C/c2c(C)[nH]c3ccccc23)c(C(=O)OCC)c1C. The van der Waals surface area contributed by atoms with Crippen molar-refractivity contribution in [2.75, 3.05) is 13.2 Å². The minimum atomic E-state index is -0.612. The van der Waals surface area contributed by atoms with Crippen LogP contribution in [-0.4, -0.2) is 35.9 Å². The molecule has 0 radical (unpaired) electrons. The van der Waals surface area contributed by atoms with Crippen LogP contribution in [0.2, 0.25) is 0 Å². The van der Waals surface area contributed by atoms with Crippen LogP contribution in [-0.2, 0) is 20.7 Å². The van der Waals surface area contributed by atoms with Crippen LogP contribution in [0.15, 0.2) is 29.8 Å². The van der Waals surface area contributed by atoms with Gasteiger partial charge in [0.1, 0.15) is 10.9 Å². The van der Waals surface area contributed by atoms with Crippen molar-refractivity contribution in [3.8, 4) is 6.07 Å². The first kappa shape index (κ1) is 24.0. The lowest BCUT2D eigenvalue weighted by molar-refractivity contribution is -0.114. The summed E-state index contributed by atoms with van der Waals surface area (Å²) < 4.78 is 10.2. The van der Waals surface area contributed by atoms with Gasteiger partial charge in [-0.2, -0.15) is 5.26 Å². The van der Waals surface area contributed by atoms with Gasteiger partial charge in [0.15, 0.2) is 5.78 Å². The van der Waals surface area contributed by atoms with Gasteiger partial charge >= 0.3 is 11.9 Å². The highest BCUT2D eigenvalue weighted by Gasteiger charge is 2.28. The van der Waals surface area contributed by atoms with E-state index in [9.17, 15) is 19.6 Å². The molecule has 0 saturated heterocycles. The van der Waals surface area contributed by atoms with Gasteiger partial charge in [-0.15, -0.1) is 11.3 Å². The number of fused-ring (bicyclic) bond motifs is 1. The minimum absolute atomic E-state index is 0.0404. The molecule has 0 saturated carbocycles. The number of carbonyl (C=O) groups is 3. The number of nitrogens with one attached hydrogen (secondary N) is 1. The van der Waals surface area contributed by atoms with Crippen LogP contribution < -0.4 is 0 Å². The van der Waals surface area contributed by atoms with Gasteiger partial charge in [-0.3, -0.25) is 4.79 Å². The molecule has 3 rings (SSSR count). The van der Waals surface area contributed by atoms with Crippen LogP contribution in [0.1, 0.15) is 55.6 Å². The number of nitrogens with zero attached hydrogens (tertiary/aromatic N) is 1. The number of carbonyl (C=O) groups excluding carboxylic acids is 3. The number of aromatic nitrogens is 1. The maximum atomic E-state index is 13.1. The number of thiophene rings is 1. The number of benzene rings is 1. The van der Waals surface area contributed by atoms with Crippen molar-refractivity contribution in [1.29, 1.82) is 5.26 Å². The third-order valence-corrected chi connectivity index (χ3v) is 6.41. The first-order chi connectivity index (χ1) is 15.8. The fraction of sp³-hybridized carbons (Fsp3) is 0.280. The molecule has 0 aliphatic rings. The molecule has 0 atom stereocenters. The second-order valence-corrected chi connectivity index (χ2v) is 8.38. The van der Waals surface area contributed by atoms with Crippen LogP contribution in [0.4, 0.5) is 0 Å². The van der Waals surface area contributed by atoms with Crippen LogP contribution in [0.3, 0.4) is 0 Å². The van der Waals surface area contributed by atoms with E-state index < -0.39 is 17.7 Å². The van der Waals surface area contributed by atoms with Crippen molar-refractivity contribution in [2.45, 2.75) is 34.1 Å². The lowest BCUT2D eigenvalue weighted by Gasteiger charge is -2.05. The number of aryl methyl sites for hydroxylation is 1. The molecule has 2 aromatic heterocycles. The molecule has 0 bridgehead atoms. The number of rotatable bonds is 8. The number of H-pyrrole nitrogens is 1. The molecular weight excluding hydrogens is 440 g/mol. The van der Waals surface area contributed by atoms with Gasteiger partial charge < -0.3 is 14.5 Å². The monoisotopic (exact) mass is 464 g/mol. The number of esters is 2. The number of ketones is 1. The minimum Gasteiger partial charge on any atom is -0.462 e. The molecule has 0 aliphatic carbocycles. The third-order valence-electron chi connectivity index (χ3n) is 5.13. The molecule has 0 amide bonds. The summed E-state index contributed by atoms with van der Waals surface area (Å²) in [5.74, 6) is -1.63. The lowest BCUT2D eigenvalue weighted by Crippen LogP contribution is -2.12. The van der Waals surface area contributed by atoms with E-state index in [0.717, 1.165) is 33.5 Å². The Kier molecular flexibility index (Phi) is 7.46. The number of aromatic amines is 1. The summed E-state index contributed by atoms with van der Waals surface area (Å²) in [7, 11) is 0. The molecule has 1 aromatic carbocycles. The average molecular weight is 465 g/mol. The lowest BCUT2D eigenvalue weighted by atomic mass is 10.0. The molecule has 0 aliphatic heterocycles. The van der Waals surface area contributed by atoms with E-state index in [1.807, 2.05) is 37.3 Å². The number of Topliss-reactive ketones (excluding diaryl/α,β-unsaturated/α-hetero) is 1. The van der Waals surface area contributed by atoms with Gasteiger partial charge in [-0.1, -0.05) is 18.2 Å². The van der Waals surface area contributed by atoms with E-state index in [2.05, 4.69) is 4.98 Å². The maximum Gasteiger partial charge on any atom is 0.348 e. The van der Waals surface area contributed by atoms with Gasteiger partial charge in [0, 0.05) is 33.5 Å². The molecule has 0 spiro atoms. The highest BCUT2D eigenvalue weighted by atomic mass is 32.1. The Morgan fingerprint density at radius 1 is 1.09 bits per heavy atom. The van der Waals surface area contributed by atoms with Crippen LogP contribution in [0, 0.1) is 25.2 Å². The molecule has 1 N–H and O–H groups in total. The van der Waals surface area contributed by atoms with Crippen molar-refractivity contribution in [2.24, 2.45) is 0 Å². The van der Waals surface area contributed by atoms with Crippen molar-refractivity contribution in [1.82, 2.24) is 4.98 Å². The van der Waals surface area contributed by atoms with Crippen molar-refractivity contribution in [3.63, 3.8) is 0 Å². The van der Waals surface area contributed by atoms with Gasteiger partial charge in [0.2, 0.25) is 0 Å². The average Bonchev–Trinajstić information content (AvgIpc) is 3.27. The summed E-state index contributed by atoms with van der Waals surface area (Å²) in [6.45, 7) is 7.20. The summed E-state index contributed by atoms with van der Waals surface area (Å²) in [6.07, 6.45) is 1.35. The summed E-state index contributed by atoms with van der Waals surface area (Å²) >= 11 is 1.02. The molecule has 3 aromatic rings. The first-order valence-electron chi connectivity index (χ1n) is 10.5. The standard InChI is InChI=1S/C25H24N2O5S/c1-5-31-24(29)22-14(3)23(25(30)32-6-2)33-21(22)12-20(28)16(13-26)11-18-15(4)27-19-10-8-7-9-17(18)19/h7-11,27H,5-6,12H2,1-4H3/b16-11+. The highest BCUT2D eigenvalue weighted by Crippen LogP contribution is 2.31. The van der Waals surface area contributed by atoms with E-state index in [1.165, 1.54) is 0 Å². The summed E-state index contributed by atoms with van der Waals surface area (Å²) in [4.78, 5) is 41.9. The zero-order valence-corrected chi connectivity index (χ0v) is 19.7. The zero-order chi connectivity index (χ0) is 24.1. The topological polar surface area (TPSA) is 109 Å². The largest absolute Gasteiger partial charge is 0.462 e. The Bertz CT molecular complexity index is 1310. The number of hydrogen-bond donors (Lipinski definition) is 1. The number of ether oxygens (including phenoxy) is 2. The quantitative estimate of drug-likeness (QED) is 0.288. The number of hydrogen-bond acceptors (Lipinski definition) is 7. The van der Waals surface area contributed by atoms with E-state index in [4.69, 9.17) is 9.47 Å². The van der Waals surface area contributed by atoms with Gasteiger partial charge in [-0.25, -0.2) is 9.59 Å².